The average Bonchev–Trinajstić information content (AvgIpc) is 2.17. The van der Waals surface area contributed by atoms with Crippen molar-refractivity contribution >= 4 is 0 Å². The quantitative estimate of drug-likeness (QED) is 0.742. The average molecular weight is 191 g/mol. The second-order valence-electron chi connectivity index (χ2n) is 3.32. The first kappa shape index (κ1) is 10.8. The van der Waals surface area contributed by atoms with E-state index in [2.05, 4.69) is 6.58 Å². The highest BCUT2D eigenvalue weighted by Crippen LogP contribution is 2.28. The molecule has 0 bridgehead atoms. The van der Waals surface area contributed by atoms with Gasteiger partial charge in [0.2, 0.25) is 0 Å². The maximum Gasteiger partial charge on any atom is 0.123 e. The Hall–Kier alpha value is -1.28. The Morgan fingerprint density at radius 3 is 2.86 bits per heavy atom. The molecule has 0 amide bonds. The van der Waals surface area contributed by atoms with Gasteiger partial charge < -0.3 is 10.5 Å². The van der Waals surface area contributed by atoms with E-state index in [-0.39, 0.29) is 6.04 Å². The normalized spacial score (nSPS) is 12.2. The monoisotopic (exact) mass is 191 g/mol. The van der Waals surface area contributed by atoms with Crippen LogP contribution in [0.4, 0.5) is 0 Å². The molecule has 0 heterocycles. The number of methoxy groups -OCH3 is 1. The van der Waals surface area contributed by atoms with E-state index in [9.17, 15) is 0 Å². The van der Waals surface area contributed by atoms with E-state index >= 15 is 0 Å². The Morgan fingerprint density at radius 2 is 2.29 bits per heavy atom. The summed E-state index contributed by atoms with van der Waals surface area (Å²) in [7, 11) is 1.67. The predicted molar refractivity (Wildman–Crippen MR) is 59.5 cm³/mol. The summed E-state index contributed by atoms with van der Waals surface area (Å²) in [5.41, 5.74) is 8.28. The molecule has 2 N–H and O–H groups in total. The molecule has 14 heavy (non-hydrogen) atoms. The molecule has 1 rings (SSSR count). The van der Waals surface area contributed by atoms with Crippen molar-refractivity contribution in [2.75, 3.05) is 7.11 Å². The van der Waals surface area contributed by atoms with Gasteiger partial charge in [-0.1, -0.05) is 18.2 Å². The topological polar surface area (TPSA) is 35.2 Å². The molecule has 0 saturated heterocycles. The molecule has 1 aromatic carbocycles. The molecule has 76 valence electrons. The fourth-order valence-corrected chi connectivity index (χ4v) is 1.60. The predicted octanol–water partition coefficient (Wildman–Crippen LogP) is 2.58. The van der Waals surface area contributed by atoms with Crippen LogP contribution in [0.15, 0.2) is 30.9 Å². The van der Waals surface area contributed by atoms with Crippen LogP contribution >= 0.6 is 0 Å². The number of rotatable bonds is 4. The number of hydrogen-bond donors (Lipinski definition) is 1. The van der Waals surface area contributed by atoms with Gasteiger partial charge in [0.15, 0.2) is 0 Å². The number of benzene rings is 1. The van der Waals surface area contributed by atoms with E-state index < -0.39 is 0 Å². The SMILES string of the molecule is C=CC[C@@H](N)c1c(C)cccc1OC. The minimum absolute atomic E-state index is 0.0244. The lowest BCUT2D eigenvalue weighted by molar-refractivity contribution is 0.405. The van der Waals surface area contributed by atoms with Gasteiger partial charge in [-0.2, -0.15) is 0 Å². The summed E-state index contributed by atoms with van der Waals surface area (Å²) in [4.78, 5) is 0. The van der Waals surface area contributed by atoms with Crippen molar-refractivity contribution < 1.29 is 4.74 Å². The van der Waals surface area contributed by atoms with Crippen molar-refractivity contribution in [2.45, 2.75) is 19.4 Å². The summed E-state index contributed by atoms with van der Waals surface area (Å²) in [6.07, 6.45) is 2.60. The third-order valence-corrected chi connectivity index (χ3v) is 2.30. The first-order chi connectivity index (χ1) is 6.70. The van der Waals surface area contributed by atoms with Gasteiger partial charge in [0.05, 0.1) is 7.11 Å². The Morgan fingerprint density at radius 1 is 1.57 bits per heavy atom. The highest BCUT2D eigenvalue weighted by Gasteiger charge is 2.12. The van der Waals surface area contributed by atoms with Gasteiger partial charge in [0.1, 0.15) is 5.75 Å². The molecule has 2 heteroatoms. The van der Waals surface area contributed by atoms with Crippen LogP contribution in [-0.4, -0.2) is 7.11 Å². The molecule has 0 aliphatic rings. The molecular formula is C12H17NO. The van der Waals surface area contributed by atoms with Gasteiger partial charge in [-0.25, -0.2) is 0 Å². The molecule has 0 aliphatic heterocycles. The standard InChI is InChI=1S/C12H17NO/c1-4-6-10(13)12-9(2)7-5-8-11(12)14-3/h4-5,7-8,10H,1,6,13H2,2-3H3/t10-/m1/s1. The van der Waals surface area contributed by atoms with Gasteiger partial charge in [-0.3, -0.25) is 0 Å². The van der Waals surface area contributed by atoms with E-state index in [1.807, 2.05) is 31.2 Å². The fourth-order valence-electron chi connectivity index (χ4n) is 1.60. The fraction of sp³-hybridized carbons (Fsp3) is 0.333. The third-order valence-electron chi connectivity index (χ3n) is 2.30. The number of nitrogens with two attached hydrogens (primary N) is 1. The summed E-state index contributed by atoms with van der Waals surface area (Å²) < 4.78 is 5.28. The van der Waals surface area contributed by atoms with Crippen LogP contribution in [0, 0.1) is 6.92 Å². The number of ether oxygens (including phenoxy) is 1. The largest absolute Gasteiger partial charge is 0.496 e. The van der Waals surface area contributed by atoms with Crippen molar-refractivity contribution in [1.29, 1.82) is 0 Å². The van der Waals surface area contributed by atoms with Crippen LogP contribution < -0.4 is 10.5 Å². The summed E-state index contributed by atoms with van der Waals surface area (Å²) >= 11 is 0. The van der Waals surface area contributed by atoms with Crippen molar-refractivity contribution in [2.24, 2.45) is 5.73 Å². The van der Waals surface area contributed by atoms with Crippen LogP contribution in [0.25, 0.3) is 0 Å². The minimum atomic E-state index is -0.0244. The number of hydrogen-bond acceptors (Lipinski definition) is 2. The maximum absolute atomic E-state index is 6.03. The van der Waals surface area contributed by atoms with Crippen LogP contribution in [0.3, 0.4) is 0 Å². The first-order valence-electron chi connectivity index (χ1n) is 4.70. The Kier molecular flexibility index (Phi) is 3.72. The molecule has 0 radical (unpaired) electrons. The minimum Gasteiger partial charge on any atom is -0.496 e. The van der Waals surface area contributed by atoms with Crippen molar-refractivity contribution in [3.63, 3.8) is 0 Å². The first-order valence-corrected chi connectivity index (χ1v) is 4.70. The van der Waals surface area contributed by atoms with Gasteiger partial charge in [0, 0.05) is 11.6 Å². The van der Waals surface area contributed by atoms with E-state index in [0.717, 1.165) is 17.7 Å². The lowest BCUT2D eigenvalue weighted by Crippen LogP contribution is -2.12. The highest BCUT2D eigenvalue weighted by molar-refractivity contribution is 5.41. The zero-order chi connectivity index (χ0) is 10.6. The maximum atomic E-state index is 6.03. The van der Waals surface area contributed by atoms with Crippen LogP contribution in [-0.2, 0) is 0 Å². The Bertz CT molecular complexity index is 320. The second kappa shape index (κ2) is 4.82. The van der Waals surface area contributed by atoms with Gasteiger partial charge >= 0.3 is 0 Å². The van der Waals surface area contributed by atoms with E-state index in [0.29, 0.717) is 0 Å². The molecule has 2 nitrogen and oxygen atoms in total. The number of aryl methyl sites for hydroxylation is 1. The lowest BCUT2D eigenvalue weighted by Gasteiger charge is -2.16. The molecule has 0 aromatic heterocycles. The highest BCUT2D eigenvalue weighted by atomic mass is 16.5. The van der Waals surface area contributed by atoms with Crippen molar-refractivity contribution in [3.05, 3.63) is 42.0 Å². The van der Waals surface area contributed by atoms with E-state index in [1.165, 1.54) is 5.56 Å². The van der Waals surface area contributed by atoms with Crippen LogP contribution in [0.2, 0.25) is 0 Å². The summed E-state index contributed by atoms with van der Waals surface area (Å²) in [5, 5.41) is 0. The summed E-state index contributed by atoms with van der Waals surface area (Å²) in [6.45, 7) is 5.73. The molecule has 1 aromatic rings. The molecule has 1 atom stereocenters. The second-order valence-corrected chi connectivity index (χ2v) is 3.32. The van der Waals surface area contributed by atoms with Crippen molar-refractivity contribution in [3.8, 4) is 5.75 Å². The van der Waals surface area contributed by atoms with Gasteiger partial charge in [-0.15, -0.1) is 6.58 Å². The molecule has 0 saturated carbocycles. The van der Waals surface area contributed by atoms with E-state index in [4.69, 9.17) is 10.5 Å². The molecule has 0 spiro atoms. The molecular weight excluding hydrogens is 174 g/mol. The van der Waals surface area contributed by atoms with Crippen LogP contribution in [0.1, 0.15) is 23.6 Å². The molecule has 0 aliphatic carbocycles. The summed E-state index contributed by atoms with van der Waals surface area (Å²) in [6, 6.07) is 5.92. The molecule has 0 fully saturated rings. The van der Waals surface area contributed by atoms with E-state index in [1.54, 1.807) is 7.11 Å². The molecule has 0 unspecified atom stereocenters. The van der Waals surface area contributed by atoms with Gasteiger partial charge in [0.25, 0.3) is 0 Å². The lowest BCUT2D eigenvalue weighted by atomic mass is 9.98. The van der Waals surface area contributed by atoms with Gasteiger partial charge in [-0.05, 0) is 25.0 Å². The van der Waals surface area contributed by atoms with Crippen LogP contribution in [0.5, 0.6) is 5.75 Å². The Balaban J connectivity index is 3.09. The summed E-state index contributed by atoms with van der Waals surface area (Å²) in [5.74, 6) is 0.861. The van der Waals surface area contributed by atoms with Crippen molar-refractivity contribution in [1.82, 2.24) is 0 Å². The third kappa shape index (κ3) is 2.15. The zero-order valence-electron chi connectivity index (χ0n) is 8.79. The smallest absolute Gasteiger partial charge is 0.123 e. The zero-order valence-corrected chi connectivity index (χ0v) is 8.79. The Labute approximate surface area is 85.4 Å².